The van der Waals surface area contributed by atoms with Crippen LogP contribution in [0.1, 0.15) is 6.92 Å². The molecule has 1 aromatic heterocycles. The summed E-state index contributed by atoms with van der Waals surface area (Å²) in [6, 6.07) is 14.5. The molecule has 0 unspecified atom stereocenters. The highest BCUT2D eigenvalue weighted by Crippen LogP contribution is 2.28. The van der Waals surface area contributed by atoms with Crippen molar-refractivity contribution in [3.05, 3.63) is 63.7 Å². The molecule has 9 heteroatoms. The number of benzene rings is 2. The molecule has 0 aliphatic carbocycles. The molecule has 3 rings (SSSR count). The molecule has 0 bridgehead atoms. The van der Waals surface area contributed by atoms with Crippen LogP contribution < -0.4 is 9.94 Å². The van der Waals surface area contributed by atoms with Gasteiger partial charge in [-0.05, 0) is 31.2 Å². The van der Waals surface area contributed by atoms with Crippen molar-refractivity contribution < 1.29 is 8.42 Å². The average Bonchev–Trinajstić information content (AvgIpc) is 2.97. The van der Waals surface area contributed by atoms with E-state index in [1.807, 2.05) is 47.2 Å². The topological polar surface area (TPSA) is 77.5 Å². The summed E-state index contributed by atoms with van der Waals surface area (Å²) >= 11 is 7.46. The third-order valence-electron chi connectivity index (χ3n) is 3.63. The largest absolute Gasteiger partial charge is 0.317 e. The summed E-state index contributed by atoms with van der Waals surface area (Å²) in [7, 11) is -3.89. The zero-order valence-corrected chi connectivity index (χ0v) is 17.0. The quantitative estimate of drug-likeness (QED) is 0.674. The summed E-state index contributed by atoms with van der Waals surface area (Å²) < 4.78 is 25.4. The highest BCUT2D eigenvalue weighted by Gasteiger charge is 2.16. The number of hydrogen-bond donors (Lipinski definition) is 1. The predicted molar refractivity (Wildman–Crippen MR) is 109 cm³/mol. The molecule has 0 saturated carbocycles. The summed E-state index contributed by atoms with van der Waals surface area (Å²) in [5, 5.41) is 7.30. The van der Waals surface area contributed by atoms with Gasteiger partial charge in [0.15, 0.2) is 4.80 Å². The summed E-state index contributed by atoms with van der Waals surface area (Å²) in [4.78, 5) is 5.41. The lowest BCUT2D eigenvalue weighted by molar-refractivity contribution is 0.598. The maximum absolute atomic E-state index is 11.7. The maximum Gasteiger partial charge on any atom is 0.239 e. The minimum Gasteiger partial charge on any atom is -0.317 e. The van der Waals surface area contributed by atoms with Gasteiger partial charge >= 0.3 is 0 Å². The molecule has 0 atom stereocenters. The fourth-order valence-electron chi connectivity index (χ4n) is 2.45. The molecule has 2 N–H and O–H groups in total. The van der Waals surface area contributed by atoms with Crippen LogP contribution in [-0.2, 0) is 16.6 Å². The molecule has 0 fully saturated rings. The number of halogens is 2. The molecule has 138 valence electrons. The van der Waals surface area contributed by atoms with Gasteiger partial charge in [-0.3, -0.25) is 0 Å². The van der Waals surface area contributed by atoms with Gasteiger partial charge in [0.2, 0.25) is 10.0 Å². The van der Waals surface area contributed by atoms with Crippen LogP contribution in [0, 0.1) is 0 Å². The zero-order chi connectivity index (χ0) is 18.0. The van der Waals surface area contributed by atoms with Crippen LogP contribution in [0.4, 0.5) is 5.69 Å². The molecular formula is C17H17Cl2N3O2S2. The zero-order valence-electron chi connectivity index (χ0n) is 13.8. The number of nitrogens with two attached hydrogens (primary N) is 1. The second-order valence-corrected chi connectivity index (χ2v) is 8.06. The molecule has 0 saturated heterocycles. The molecule has 0 amide bonds. The van der Waals surface area contributed by atoms with E-state index in [0.717, 1.165) is 21.7 Å². The van der Waals surface area contributed by atoms with Crippen LogP contribution in [0.15, 0.2) is 63.8 Å². The van der Waals surface area contributed by atoms with Crippen molar-refractivity contribution >= 4 is 51.1 Å². The monoisotopic (exact) mass is 429 g/mol. The molecule has 0 radical (unpaired) electrons. The lowest BCUT2D eigenvalue weighted by Crippen LogP contribution is -2.15. The second-order valence-electron chi connectivity index (χ2n) is 5.29. The van der Waals surface area contributed by atoms with Crippen molar-refractivity contribution in [2.45, 2.75) is 18.4 Å². The molecular weight excluding hydrogens is 413 g/mol. The smallest absolute Gasteiger partial charge is 0.239 e. The molecule has 2 aromatic carbocycles. The molecule has 0 spiro atoms. The fraction of sp³-hybridized carbons (Fsp3) is 0.118. The van der Waals surface area contributed by atoms with Gasteiger partial charge in [0, 0.05) is 17.5 Å². The Hall–Kier alpha value is -1.64. The Balaban J connectivity index is 0.00000243. The lowest BCUT2D eigenvalue weighted by Gasteiger charge is -2.09. The predicted octanol–water partition coefficient (Wildman–Crippen LogP) is 4.19. The van der Waals surface area contributed by atoms with Crippen LogP contribution in [0.5, 0.6) is 0 Å². The summed E-state index contributed by atoms with van der Waals surface area (Å²) in [5.74, 6) is 0. The molecule has 5 nitrogen and oxygen atoms in total. The third-order valence-corrected chi connectivity index (χ3v) is 5.88. The van der Waals surface area contributed by atoms with E-state index in [-0.39, 0.29) is 22.3 Å². The minimum atomic E-state index is -3.89. The number of aromatic nitrogens is 1. The van der Waals surface area contributed by atoms with Crippen molar-refractivity contribution in [3.63, 3.8) is 0 Å². The summed E-state index contributed by atoms with van der Waals surface area (Å²) in [6.45, 7) is 2.70. The number of hydrogen-bond acceptors (Lipinski definition) is 4. The highest BCUT2D eigenvalue weighted by atomic mass is 35.5. The van der Waals surface area contributed by atoms with E-state index >= 15 is 0 Å². The molecule has 0 aliphatic rings. The van der Waals surface area contributed by atoms with Gasteiger partial charge in [0.1, 0.15) is 4.90 Å². The Labute approximate surface area is 167 Å². The Morgan fingerprint density at radius 2 is 1.88 bits per heavy atom. The number of thiazole rings is 1. The van der Waals surface area contributed by atoms with Crippen molar-refractivity contribution in [2.24, 2.45) is 10.1 Å². The number of para-hydroxylation sites is 1. The second kappa shape index (κ2) is 8.37. The maximum atomic E-state index is 11.7. The first kappa shape index (κ1) is 20.7. The SMILES string of the molecule is CCn1c(-c2ccc(Cl)c(S(N)(=O)=O)c2)csc1=Nc1ccccc1.Cl. The third kappa shape index (κ3) is 4.36. The van der Waals surface area contributed by atoms with E-state index in [9.17, 15) is 8.42 Å². The summed E-state index contributed by atoms with van der Waals surface area (Å²) in [6.07, 6.45) is 0. The van der Waals surface area contributed by atoms with Crippen molar-refractivity contribution in [1.82, 2.24) is 4.57 Å². The highest BCUT2D eigenvalue weighted by molar-refractivity contribution is 7.89. The Morgan fingerprint density at radius 3 is 2.50 bits per heavy atom. The fourth-order valence-corrected chi connectivity index (χ4v) is 4.51. The van der Waals surface area contributed by atoms with Crippen LogP contribution in [-0.4, -0.2) is 13.0 Å². The van der Waals surface area contributed by atoms with Crippen LogP contribution >= 0.6 is 35.3 Å². The first-order valence-electron chi connectivity index (χ1n) is 7.51. The summed E-state index contributed by atoms with van der Waals surface area (Å²) in [5.41, 5.74) is 2.45. The number of sulfonamides is 1. The Kier molecular flexibility index (Phi) is 6.65. The lowest BCUT2D eigenvalue weighted by atomic mass is 10.2. The molecule has 0 aliphatic heterocycles. The van der Waals surface area contributed by atoms with E-state index < -0.39 is 10.0 Å². The van der Waals surface area contributed by atoms with Gasteiger partial charge in [-0.25, -0.2) is 18.5 Å². The van der Waals surface area contributed by atoms with Crippen LogP contribution in [0.3, 0.4) is 0 Å². The van der Waals surface area contributed by atoms with Crippen molar-refractivity contribution in [2.75, 3.05) is 0 Å². The molecule has 26 heavy (non-hydrogen) atoms. The van der Waals surface area contributed by atoms with E-state index in [4.69, 9.17) is 16.7 Å². The van der Waals surface area contributed by atoms with E-state index in [0.29, 0.717) is 6.54 Å². The van der Waals surface area contributed by atoms with Gasteiger partial charge in [-0.1, -0.05) is 35.9 Å². The average molecular weight is 430 g/mol. The normalized spacial score (nSPS) is 12.0. The number of rotatable bonds is 4. The van der Waals surface area contributed by atoms with Gasteiger partial charge in [-0.15, -0.1) is 23.7 Å². The standard InChI is InChI=1S/C17H16ClN3O2S2.ClH/c1-2-21-15(11-24-17(21)20-13-6-4-3-5-7-13)12-8-9-14(18)16(10-12)25(19,22)23;/h3-11H,2H2,1H3,(H2,19,22,23);1H. The van der Waals surface area contributed by atoms with Gasteiger partial charge in [0.25, 0.3) is 0 Å². The first-order chi connectivity index (χ1) is 11.9. The van der Waals surface area contributed by atoms with Crippen molar-refractivity contribution in [3.8, 4) is 11.3 Å². The van der Waals surface area contributed by atoms with Crippen molar-refractivity contribution in [1.29, 1.82) is 0 Å². The van der Waals surface area contributed by atoms with Crippen LogP contribution in [0.25, 0.3) is 11.3 Å². The van der Waals surface area contributed by atoms with E-state index in [1.54, 1.807) is 12.1 Å². The minimum absolute atomic E-state index is 0. The Bertz CT molecular complexity index is 1070. The number of nitrogens with zero attached hydrogens (tertiary/aromatic N) is 2. The van der Waals surface area contributed by atoms with E-state index in [1.165, 1.54) is 17.4 Å². The van der Waals surface area contributed by atoms with E-state index in [2.05, 4.69) is 4.99 Å². The van der Waals surface area contributed by atoms with Gasteiger partial charge < -0.3 is 4.57 Å². The van der Waals surface area contributed by atoms with Gasteiger partial charge in [-0.2, -0.15) is 0 Å². The molecule has 3 aromatic rings. The number of primary sulfonamides is 1. The van der Waals surface area contributed by atoms with Gasteiger partial charge in [0.05, 0.1) is 16.4 Å². The first-order valence-corrected chi connectivity index (χ1v) is 10.3. The molecule has 1 heterocycles. The van der Waals surface area contributed by atoms with Crippen LogP contribution in [0.2, 0.25) is 5.02 Å². The Morgan fingerprint density at radius 1 is 1.19 bits per heavy atom.